The fraction of sp³-hybridized carbons (Fsp3) is 0.444. The first-order valence-corrected chi connectivity index (χ1v) is 12.1. The summed E-state index contributed by atoms with van der Waals surface area (Å²) in [4.78, 5) is 39.6. The number of carboxylic acid groups (broad SMARTS) is 1. The zero-order chi connectivity index (χ0) is 23.9. The lowest BCUT2D eigenvalue weighted by atomic mass is 9.98. The van der Waals surface area contributed by atoms with E-state index in [1.807, 2.05) is 31.2 Å². The molecule has 0 bridgehead atoms. The maximum atomic E-state index is 13.4. The molecule has 1 heterocycles. The quantitative estimate of drug-likeness (QED) is 0.644. The average molecular weight is 463 g/mol. The Balaban J connectivity index is 1.27. The number of likely N-dealkylation sites (tertiary alicyclic amines) is 1. The largest absolute Gasteiger partial charge is 0.479 e. The number of nitrogens with zero attached hydrogens (tertiary/aromatic N) is 1. The van der Waals surface area contributed by atoms with Gasteiger partial charge < -0.3 is 20.1 Å². The molecule has 2 unspecified atom stereocenters. The van der Waals surface area contributed by atoms with E-state index in [9.17, 15) is 19.5 Å². The Kier molecular flexibility index (Phi) is 5.80. The molecule has 3 aliphatic rings. The van der Waals surface area contributed by atoms with Gasteiger partial charge >= 0.3 is 12.1 Å². The zero-order valence-electron chi connectivity index (χ0n) is 19.3. The van der Waals surface area contributed by atoms with E-state index < -0.39 is 23.6 Å². The minimum Gasteiger partial charge on any atom is -0.479 e. The van der Waals surface area contributed by atoms with Gasteiger partial charge in [0.15, 0.2) is 0 Å². The van der Waals surface area contributed by atoms with Gasteiger partial charge in [0.1, 0.15) is 18.2 Å². The van der Waals surface area contributed by atoms with Gasteiger partial charge in [-0.3, -0.25) is 4.79 Å². The Morgan fingerprint density at radius 3 is 2.38 bits per heavy atom. The molecule has 3 atom stereocenters. The molecule has 0 radical (unpaired) electrons. The van der Waals surface area contributed by atoms with E-state index in [4.69, 9.17) is 4.74 Å². The van der Waals surface area contributed by atoms with Crippen LogP contribution >= 0.6 is 0 Å². The first-order valence-electron chi connectivity index (χ1n) is 12.1. The third-order valence-electron chi connectivity index (χ3n) is 7.64. The van der Waals surface area contributed by atoms with Crippen LogP contribution in [0.5, 0.6) is 0 Å². The summed E-state index contributed by atoms with van der Waals surface area (Å²) in [5.41, 5.74) is 3.44. The number of aliphatic carboxylic acids is 1. The SMILES string of the molecule is CCC[C@H](NC(=O)OCC1c2ccccc2-c2ccccc21)C(=O)N1CCCC2CC21C(=O)O. The predicted molar refractivity (Wildman–Crippen MR) is 126 cm³/mol. The molecular weight excluding hydrogens is 432 g/mol. The van der Waals surface area contributed by atoms with Crippen molar-refractivity contribution in [1.82, 2.24) is 10.2 Å². The molecule has 5 rings (SSSR count). The van der Waals surface area contributed by atoms with Crippen LogP contribution in [0.1, 0.15) is 56.1 Å². The molecule has 2 aromatic rings. The highest BCUT2D eigenvalue weighted by Gasteiger charge is 2.67. The number of carbonyl (C=O) groups is 3. The van der Waals surface area contributed by atoms with Crippen molar-refractivity contribution < 1.29 is 24.2 Å². The molecule has 178 valence electrons. The third-order valence-corrected chi connectivity index (χ3v) is 7.64. The Morgan fingerprint density at radius 1 is 1.12 bits per heavy atom. The van der Waals surface area contributed by atoms with E-state index in [2.05, 4.69) is 29.6 Å². The van der Waals surface area contributed by atoms with Crippen LogP contribution in [0.25, 0.3) is 11.1 Å². The number of piperidine rings is 1. The Labute approximate surface area is 199 Å². The van der Waals surface area contributed by atoms with E-state index in [-0.39, 0.29) is 24.3 Å². The molecule has 34 heavy (non-hydrogen) atoms. The number of hydrogen-bond donors (Lipinski definition) is 2. The van der Waals surface area contributed by atoms with Gasteiger partial charge in [0, 0.05) is 12.5 Å². The number of carboxylic acids is 1. The first kappa shape index (κ1) is 22.4. The molecule has 2 amide bonds. The van der Waals surface area contributed by atoms with Crippen LogP contribution in [0, 0.1) is 5.92 Å². The molecule has 2 aliphatic carbocycles. The molecule has 2 fully saturated rings. The monoisotopic (exact) mass is 462 g/mol. The third kappa shape index (κ3) is 3.63. The maximum Gasteiger partial charge on any atom is 0.407 e. The highest BCUT2D eigenvalue weighted by atomic mass is 16.5. The summed E-state index contributed by atoms with van der Waals surface area (Å²) in [6.45, 7) is 2.51. The van der Waals surface area contributed by atoms with Gasteiger partial charge in [-0.1, -0.05) is 61.9 Å². The number of hydrogen-bond acceptors (Lipinski definition) is 4. The summed E-state index contributed by atoms with van der Waals surface area (Å²) < 4.78 is 5.63. The lowest BCUT2D eigenvalue weighted by molar-refractivity contribution is -0.155. The summed E-state index contributed by atoms with van der Waals surface area (Å²) in [7, 11) is 0. The molecule has 1 saturated carbocycles. The standard InChI is InChI=1S/C27H30N2O5/c1-2-8-23(24(30)29-14-7-9-17-15-27(17,29)25(31)32)28-26(33)34-16-22-20-12-5-3-10-18(20)19-11-4-6-13-21(19)22/h3-6,10-13,17,22-23H,2,7-9,14-16H2,1H3,(H,28,33)(H,31,32)/t17?,23-,27?/m0/s1. The van der Waals surface area contributed by atoms with Crippen LogP contribution in [0.3, 0.4) is 0 Å². The number of carbonyl (C=O) groups excluding carboxylic acids is 2. The molecule has 2 N–H and O–H groups in total. The molecule has 1 saturated heterocycles. The van der Waals surface area contributed by atoms with Crippen molar-refractivity contribution in [2.45, 2.75) is 56.5 Å². The summed E-state index contributed by atoms with van der Waals surface area (Å²) in [6, 6.07) is 15.4. The van der Waals surface area contributed by atoms with Crippen molar-refractivity contribution in [2.24, 2.45) is 5.92 Å². The summed E-state index contributed by atoms with van der Waals surface area (Å²) in [5.74, 6) is -1.32. The average Bonchev–Trinajstić information content (AvgIpc) is 3.53. The van der Waals surface area contributed by atoms with Gasteiger partial charge in [-0.15, -0.1) is 0 Å². The van der Waals surface area contributed by atoms with Gasteiger partial charge in [0.05, 0.1) is 0 Å². The van der Waals surface area contributed by atoms with Crippen LogP contribution in [0.2, 0.25) is 0 Å². The zero-order valence-corrected chi connectivity index (χ0v) is 19.3. The number of benzene rings is 2. The number of rotatable bonds is 7. The molecule has 7 heteroatoms. The van der Waals surface area contributed by atoms with Crippen LogP contribution in [0.15, 0.2) is 48.5 Å². The maximum absolute atomic E-state index is 13.4. The van der Waals surface area contributed by atoms with E-state index in [1.54, 1.807) is 0 Å². The second-order valence-electron chi connectivity index (χ2n) is 9.57. The fourth-order valence-corrected chi connectivity index (χ4v) is 5.88. The first-order chi connectivity index (χ1) is 16.5. The van der Waals surface area contributed by atoms with E-state index in [1.165, 1.54) is 4.90 Å². The highest BCUT2D eigenvalue weighted by Crippen LogP contribution is 2.54. The van der Waals surface area contributed by atoms with E-state index in [0.717, 1.165) is 35.1 Å². The van der Waals surface area contributed by atoms with Crippen molar-refractivity contribution in [3.05, 3.63) is 59.7 Å². The minimum absolute atomic E-state index is 0.0134. The van der Waals surface area contributed by atoms with Crippen molar-refractivity contribution in [1.29, 1.82) is 0 Å². The second-order valence-corrected chi connectivity index (χ2v) is 9.57. The molecule has 2 aromatic carbocycles. The highest BCUT2D eigenvalue weighted by molar-refractivity contribution is 5.94. The lowest BCUT2D eigenvalue weighted by Crippen LogP contribution is -2.57. The van der Waals surface area contributed by atoms with Crippen LogP contribution in [-0.4, -0.2) is 52.7 Å². The van der Waals surface area contributed by atoms with Gasteiger partial charge in [-0.2, -0.15) is 0 Å². The summed E-state index contributed by atoms with van der Waals surface area (Å²) in [5, 5.41) is 12.5. The summed E-state index contributed by atoms with van der Waals surface area (Å²) >= 11 is 0. The molecular formula is C27H30N2O5. The van der Waals surface area contributed by atoms with Crippen LogP contribution in [0.4, 0.5) is 4.79 Å². The van der Waals surface area contributed by atoms with E-state index in [0.29, 0.717) is 25.8 Å². The normalized spacial score (nSPS) is 23.3. The number of fused-ring (bicyclic) bond motifs is 4. The molecule has 0 aromatic heterocycles. The Bertz CT molecular complexity index is 1090. The Morgan fingerprint density at radius 2 is 1.76 bits per heavy atom. The van der Waals surface area contributed by atoms with Crippen molar-refractivity contribution in [3.63, 3.8) is 0 Å². The van der Waals surface area contributed by atoms with Gasteiger partial charge in [-0.05, 0) is 53.9 Å². The molecule has 1 aliphatic heterocycles. The number of alkyl carbamates (subject to hydrolysis) is 1. The Hall–Kier alpha value is -3.35. The molecule has 7 nitrogen and oxygen atoms in total. The lowest BCUT2D eigenvalue weighted by Gasteiger charge is -2.36. The predicted octanol–water partition coefficient (Wildman–Crippen LogP) is 4.16. The fourth-order valence-electron chi connectivity index (χ4n) is 5.88. The van der Waals surface area contributed by atoms with Crippen LogP contribution < -0.4 is 5.32 Å². The van der Waals surface area contributed by atoms with Gasteiger partial charge in [0.25, 0.3) is 0 Å². The van der Waals surface area contributed by atoms with E-state index >= 15 is 0 Å². The smallest absolute Gasteiger partial charge is 0.407 e. The number of nitrogens with one attached hydrogen (secondary N) is 1. The topological polar surface area (TPSA) is 95.9 Å². The van der Waals surface area contributed by atoms with Crippen LogP contribution in [-0.2, 0) is 14.3 Å². The van der Waals surface area contributed by atoms with Crippen molar-refractivity contribution in [2.75, 3.05) is 13.2 Å². The second kappa shape index (κ2) is 8.78. The molecule has 0 spiro atoms. The van der Waals surface area contributed by atoms with Crippen molar-refractivity contribution in [3.8, 4) is 11.1 Å². The minimum atomic E-state index is -1.09. The summed E-state index contributed by atoms with van der Waals surface area (Å²) in [6.07, 6.45) is 2.57. The number of ether oxygens (including phenoxy) is 1. The number of amides is 2. The van der Waals surface area contributed by atoms with Gasteiger partial charge in [0.2, 0.25) is 5.91 Å². The van der Waals surface area contributed by atoms with Gasteiger partial charge in [-0.25, -0.2) is 9.59 Å². The van der Waals surface area contributed by atoms with Crippen molar-refractivity contribution >= 4 is 18.0 Å².